The van der Waals surface area contributed by atoms with Gasteiger partial charge in [0.05, 0.1) is 24.7 Å². The first-order chi connectivity index (χ1) is 15.5. The summed E-state index contributed by atoms with van der Waals surface area (Å²) in [5, 5.41) is 14.6. The normalized spacial score (nSPS) is 15.4. The summed E-state index contributed by atoms with van der Waals surface area (Å²) in [6.45, 7) is 2.22. The summed E-state index contributed by atoms with van der Waals surface area (Å²) >= 11 is 0. The number of anilines is 1. The minimum absolute atomic E-state index is 0.0568. The van der Waals surface area contributed by atoms with Gasteiger partial charge in [-0.1, -0.05) is 18.2 Å². The first-order valence-corrected chi connectivity index (χ1v) is 10.6. The van der Waals surface area contributed by atoms with Crippen LogP contribution in [0.2, 0.25) is 0 Å². The Kier molecular flexibility index (Phi) is 8.41. The first kappa shape index (κ1) is 23.5. The van der Waals surface area contributed by atoms with Gasteiger partial charge in [0.25, 0.3) is 11.6 Å². The van der Waals surface area contributed by atoms with Crippen LogP contribution in [-0.4, -0.2) is 62.4 Å². The number of nitrogens with zero attached hydrogens (tertiary/aromatic N) is 2. The molecule has 1 N–H and O–H groups in total. The molecule has 2 aromatic rings. The second-order valence-corrected chi connectivity index (χ2v) is 7.54. The van der Waals surface area contributed by atoms with Crippen LogP contribution in [0.25, 0.3) is 0 Å². The summed E-state index contributed by atoms with van der Waals surface area (Å²) in [4.78, 5) is 26.3. The molecule has 9 nitrogen and oxygen atoms in total. The maximum atomic E-state index is 13.4. The number of nitro groups is 1. The Morgan fingerprint density at radius 2 is 2.09 bits per heavy atom. The van der Waals surface area contributed by atoms with Crippen molar-refractivity contribution in [2.45, 2.75) is 25.5 Å². The van der Waals surface area contributed by atoms with Crippen LogP contribution in [0.3, 0.4) is 0 Å². The number of carbonyl (C=O) groups excluding carboxylic acids is 1. The second kappa shape index (κ2) is 11.4. The molecule has 0 saturated carbocycles. The highest BCUT2D eigenvalue weighted by atomic mass is 16.6. The summed E-state index contributed by atoms with van der Waals surface area (Å²) in [5.41, 5.74) is 1.30. The summed E-state index contributed by atoms with van der Waals surface area (Å²) in [6.07, 6.45) is 1.77. The molecule has 1 unspecified atom stereocenters. The molecule has 0 aliphatic carbocycles. The molecule has 0 spiro atoms. The third-order valence-electron chi connectivity index (χ3n) is 5.35. The zero-order valence-corrected chi connectivity index (χ0v) is 18.4. The van der Waals surface area contributed by atoms with E-state index in [1.165, 1.54) is 6.07 Å². The smallest absolute Gasteiger partial charge is 0.293 e. The molecule has 0 radical (unpaired) electrons. The number of para-hydroxylation sites is 1. The molecule has 9 heteroatoms. The lowest BCUT2D eigenvalue weighted by atomic mass is 10.1. The Balaban J connectivity index is 1.87. The van der Waals surface area contributed by atoms with Gasteiger partial charge in [0.1, 0.15) is 11.4 Å². The lowest BCUT2D eigenvalue weighted by molar-refractivity contribution is -0.384. The van der Waals surface area contributed by atoms with Crippen LogP contribution < -0.4 is 10.1 Å². The number of nitro benzene ring substituents is 1. The Hall–Kier alpha value is -3.17. The molecule has 1 saturated heterocycles. The van der Waals surface area contributed by atoms with Crippen molar-refractivity contribution in [3.05, 3.63) is 63.7 Å². The number of amides is 1. The van der Waals surface area contributed by atoms with Gasteiger partial charge in [0.15, 0.2) is 0 Å². The Bertz CT molecular complexity index is 930. The number of methoxy groups -OCH3 is 2. The molecule has 172 valence electrons. The van der Waals surface area contributed by atoms with E-state index < -0.39 is 4.92 Å². The molecular weight excluding hydrogens is 414 g/mol. The summed E-state index contributed by atoms with van der Waals surface area (Å²) in [6, 6.07) is 12.0. The van der Waals surface area contributed by atoms with Gasteiger partial charge in [-0.05, 0) is 31.0 Å². The van der Waals surface area contributed by atoms with Crippen LogP contribution in [0.15, 0.2) is 42.5 Å². The molecule has 2 aromatic carbocycles. The van der Waals surface area contributed by atoms with Gasteiger partial charge in [-0.2, -0.15) is 0 Å². The molecular formula is C23H29N3O6. The molecule has 32 heavy (non-hydrogen) atoms. The molecule has 3 rings (SSSR count). The van der Waals surface area contributed by atoms with Crippen LogP contribution in [0, 0.1) is 10.1 Å². The predicted octanol–water partition coefficient (Wildman–Crippen LogP) is 3.48. The van der Waals surface area contributed by atoms with E-state index in [0.717, 1.165) is 18.4 Å². The van der Waals surface area contributed by atoms with E-state index in [4.69, 9.17) is 14.2 Å². The van der Waals surface area contributed by atoms with Gasteiger partial charge in [-0.25, -0.2) is 0 Å². The highest BCUT2D eigenvalue weighted by Gasteiger charge is 2.26. The van der Waals surface area contributed by atoms with Crippen molar-refractivity contribution in [1.29, 1.82) is 0 Å². The van der Waals surface area contributed by atoms with E-state index in [2.05, 4.69) is 5.32 Å². The van der Waals surface area contributed by atoms with Crippen LogP contribution in [0.5, 0.6) is 5.75 Å². The van der Waals surface area contributed by atoms with Crippen LogP contribution >= 0.6 is 0 Å². The topological polar surface area (TPSA) is 103 Å². The average molecular weight is 444 g/mol. The minimum atomic E-state index is -0.490. The number of rotatable bonds is 11. The van der Waals surface area contributed by atoms with E-state index in [1.807, 2.05) is 24.3 Å². The Morgan fingerprint density at radius 1 is 1.28 bits per heavy atom. The molecule has 1 heterocycles. The van der Waals surface area contributed by atoms with E-state index in [1.54, 1.807) is 31.3 Å². The highest BCUT2D eigenvalue weighted by molar-refractivity contribution is 5.95. The molecule has 1 aliphatic heterocycles. The maximum absolute atomic E-state index is 13.4. The van der Waals surface area contributed by atoms with Gasteiger partial charge in [0.2, 0.25) is 0 Å². The van der Waals surface area contributed by atoms with Gasteiger partial charge in [0, 0.05) is 50.5 Å². The monoisotopic (exact) mass is 443 g/mol. The maximum Gasteiger partial charge on any atom is 0.293 e. The number of nitrogens with one attached hydrogen (secondary N) is 1. The van der Waals surface area contributed by atoms with Gasteiger partial charge in [-0.15, -0.1) is 0 Å². The van der Waals surface area contributed by atoms with Crippen molar-refractivity contribution < 1.29 is 23.9 Å². The molecule has 0 bridgehead atoms. The van der Waals surface area contributed by atoms with E-state index >= 15 is 0 Å². The SMILES string of the molecule is COCCNc1ccc(C(=O)N(Cc2ccccc2OC)CC2CCCO2)cc1[N+](=O)[O-]. The summed E-state index contributed by atoms with van der Waals surface area (Å²) in [5.74, 6) is 0.388. The fraction of sp³-hybridized carbons (Fsp3) is 0.435. The standard InChI is InChI=1S/C23H29N3O6/c1-30-13-11-24-20-10-9-17(14-21(20)26(28)29)23(27)25(16-19-7-5-12-32-19)15-18-6-3-4-8-22(18)31-2/h3-4,6,8-10,14,19,24H,5,7,11-13,15-16H2,1-2H3. The number of ether oxygens (including phenoxy) is 3. The number of hydrogen-bond acceptors (Lipinski definition) is 7. The molecule has 1 amide bonds. The summed E-state index contributed by atoms with van der Waals surface area (Å²) in [7, 11) is 3.14. The van der Waals surface area contributed by atoms with Crippen molar-refractivity contribution in [1.82, 2.24) is 4.90 Å². The van der Waals surface area contributed by atoms with Crippen LogP contribution in [0.4, 0.5) is 11.4 Å². The quantitative estimate of drug-likeness (QED) is 0.322. The summed E-state index contributed by atoms with van der Waals surface area (Å²) < 4.78 is 16.2. The molecule has 0 aromatic heterocycles. The number of benzene rings is 2. The second-order valence-electron chi connectivity index (χ2n) is 7.54. The zero-order chi connectivity index (χ0) is 22.9. The highest BCUT2D eigenvalue weighted by Crippen LogP contribution is 2.28. The first-order valence-electron chi connectivity index (χ1n) is 10.6. The van der Waals surface area contributed by atoms with E-state index in [-0.39, 0.29) is 23.3 Å². The zero-order valence-electron chi connectivity index (χ0n) is 18.4. The van der Waals surface area contributed by atoms with Crippen LogP contribution in [0.1, 0.15) is 28.8 Å². The molecule has 1 fully saturated rings. The molecule has 1 aliphatic rings. The van der Waals surface area contributed by atoms with Crippen molar-refractivity contribution in [2.24, 2.45) is 0 Å². The lowest BCUT2D eigenvalue weighted by Gasteiger charge is -2.26. The Labute approximate surface area is 187 Å². The van der Waals surface area contributed by atoms with Crippen LogP contribution in [-0.2, 0) is 16.0 Å². The largest absolute Gasteiger partial charge is 0.496 e. The lowest BCUT2D eigenvalue weighted by Crippen LogP contribution is -2.37. The van der Waals surface area contributed by atoms with Crippen molar-refractivity contribution in [3.8, 4) is 5.75 Å². The van der Waals surface area contributed by atoms with Gasteiger partial charge in [-0.3, -0.25) is 14.9 Å². The fourth-order valence-corrected chi connectivity index (χ4v) is 3.73. The number of hydrogen-bond donors (Lipinski definition) is 1. The van der Waals surface area contributed by atoms with Crippen molar-refractivity contribution >= 4 is 17.3 Å². The van der Waals surface area contributed by atoms with Gasteiger partial charge >= 0.3 is 0 Å². The Morgan fingerprint density at radius 3 is 2.78 bits per heavy atom. The molecule has 1 atom stereocenters. The third kappa shape index (κ3) is 5.95. The average Bonchev–Trinajstić information content (AvgIpc) is 3.32. The number of carbonyl (C=O) groups is 1. The van der Waals surface area contributed by atoms with Crippen molar-refractivity contribution in [3.63, 3.8) is 0 Å². The van der Waals surface area contributed by atoms with E-state index in [0.29, 0.717) is 44.3 Å². The predicted molar refractivity (Wildman–Crippen MR) is 120 cm³/mol. The fourth-order valence-electron chi connectivity index (χ4n) is 3.73. The van der Waals surface area contributed by atoms with Crippen molar-refractivity contribution in [2.75, 3.05) is 45.8 Å². The van der Waals surface area contributed by atoms with Gasteiger partial charge < -0.3 is 24.4 Å². The minimum Gasteiger partial charge on any atom is -0.496 e. The van der Waals surface area contributed by atoms with E-state index in [9.17, 15) is 14.9 Å². The third-order valence-corrected chi connectivity index (χ3v) is 5.35.